The fourth-order valence-electron chi connectivity index (χ4n) is 2.01. The molecule has 3 nitrogen and oxygen atoms in total. The summed E-state index contributed by atoms with van der Waals surface area (Å²) in [5, 5.41) is 7.33. The van der Waals surface area contributed by atoms with Gasteiger partial charge >= 0.3 is 0 Å². The fraction of sp³-hybridized carbons (Fsp3) is 0.188. The maximum Gasteiger partial charge on any atom is 0.221 e. The monoisotopic (exact) mass is 322 g/mol. The lowest BCUT2D eigenvalue weighted by Gasteiger charge is -2.18. The number of hydrogen-bond acceptors (Lipinski definition) is 2. The molecule has 2 rings (SSSR count). The topological polar surface area (TPSA) is 41.1 Å². The smallest absolute Gasteiger partial charge is 0.221 e. The third-order valence-electron chi connectivity index (χ3n) is 3.01. The number of anilines is 2. The molecular formula is C16H16Cl2N2O. The van der Waals surface area contributed by atoms with Crippen LogP contribution in [0.25, 0.3) is 0 Å². The van der Waals surface area contributed by atoms with Gasteiger partial charge in [0.15, 0.2) is 0 Å². The Hall–Kier alpha value is -1.71. The summed E-state index contributed by atoms with van der Waals surface area (Å²) in [6, 6.07) is 13.0. The van der Waals surface area contributed by atoms with Crippen LogP contribution in [0.2, 0.25) is 10.0 Å². The van der Waals surface area contributed by atoms with Gasteiger partial charge in [-0.2, -0.15) is 0 Å². The highest BCUT2D eigenvalue weighted by Gasteiger charge is 2.09. The Morgan fingerprint density at radius 2 is 1.90 bits per heavy atom. The Balaban J connectivity index is 2.18. The van der Waals surface area contributed by atoms with Crippen molar-refractivity contribution in [2.24, 2.45) is 0 Å². The predicted octanol–water partition coefficient (Wildman–Crippen LogP) is 5.12. The van der Waals surface area contributed by atoms with E-state index >= 15 is 0 Å². The van der Waals surface area contributed by atoms with E-state index in [-0.39, 0.29) is 11.9 Å². The zero-order valence-electron chi connectivity index (χ0n) is 11.8. The molecule has 0 aliphatic carbocycles. The first-order chi connectivity index (χ1) is 9.95. The van der Waals surface area contributed by atoms with Gasteiger partial charge in [-0.05, 0) is 42.8 Å². The van der Waals surface area contributed by atoms with Crippen molar-refractivity contribution >= 4 is 40.5 Å². The first kappa shape index (κ1) is 15.7. The van der Waals surface area contributed by atoms with Gasteiger partial charge in [-0.3, -0.25) is 4.79 Å². The van der Waals surface area contributed by atoms with Crippen LogP contribution in [0.5, 0.6) is 0 Å². The van der Waals surface area contributed by atoms with Gasteiger partial charge in [-0.1, -0.05) is 35.3 Å². The van der Waals surface area contributed by atoms with Gasteiger partial charge in [0.05, 0.1) is 10.7 Å². The van der Waals surface area contributed by atoms with Gasteiger partial charge in [0, 0.05) is 23.7 Å². The second-order valence-corrected chi connectivity index (χ2v) is 5.64. The van der Waals surface area contributed by atoms with Crippen LogP contribution in [-0.4, -0.2) is 5.91 Å². The SMILES string of the molecule is CC(=O)Nc1cccc(C(C)Nc2cc(Cl)ccc2Cl)c1. The molecule has 1 amide bonds. The molecule has 5 heteroatoms. The molecule has 0 spiro atoms. The van der Waals surface area contributed by atoms with Crippen molar-refractivity contribution in [2.75, 3.05) is 10.6 Å². The van der Waals surface area contributed by atoms with Crippen LogP contribution in [0.4, 0.5) is 11.4 Å². The first-order valence-electron chi connectivity index (χ1n) is 6.55. The average molecular weight is 323 g/mol. The summed E-state index contributed by atoms with van der Waals surface area (Å²) in [4.78, 5) is 11.1. The van der Waals surface area contributed by atoms with Crippen molar-refractivity contribution < 1.29 is 4.79 Å². The standard InChI is InChI=1S/C16H16Cl2N2O/c1-10(19-16-9-13(17)6-7-15(16)18)12-4-3-5-14(8-12)20-11(2)21/h3-10,19H,1-2H3,(H,20,21). The van der Waals surface area contributed by atoms with Gasteiger partial charge in [-0.25, -0.2) is 0 Å². The summed E-state index contributed by atoms with van der Waals surface area (Å²) >= 11 is 12.1. The largest absolute Gasteiger partial charge is 0.377 e. The van der Waals surface area contributed by atoms with E-state index in [1.165, 1.54) is 6.92 Å². The van der Waals surface area contributed by atoms with Crippen molar-refractivity contribution in [3.05, 3.63) is 58.1 Å². The van der Waals surface area contributed by atoms with Crippen molar-refractivity contribution in [2.45, 2.75) is 19.9 Å². The minimum atomic E-state index is -0.0920. The Kier molecular flexibility index (Phi) is 5.10. The Morgan fingerprint density at radius 1 is 1.14 bits per heavy atom. The molecule has 0 heterocycles. The molecule has 2 aromatic carbocycles. The van der Waals surface area contributed by atoms with E-state index in [9.17, 15) is 4.79 Å². The fourth-order valence-corrected chi connectivity index (χ4v) is 2.36. The number of amides is 1. The molecule has 110 valence electrons. The number of rotatable bonds is 4. The molecule has 21 heavy (non-hydrogen) atoms. The van der Waals surface area contributed by atoms with E-state index in [4.69, 9.17) is 23.2 Å². The molecule has 0 aliphatic rings. The number of carbonyl (C=O) groups is 1. The predicted molar refractivity (Wildman–Crippen MR) is 89.2 cm³/mol. The van der Waals surface area contributed by atoms with Gasteiger partial charge in [-0.15, -0.1) is 0 Å². The molecule has 2 N–H and O–H groups in total. The van der Waals surface area contributed by atoms with Gasteiger partial charge in [0.25, 0.3) is 0 Å². The van der Waals surface area contributed by atoms with Gasteiger partial charge in [0.2, 0.25) is 5.91 Å². The second kappa shape index (κ2) is 6.83. The lowest BCUT2D eigenvalue weighted by atomic mass is 10.1. The van der Waals surface area contributed by atoms with Crippen molar-refractivity contribution in [3.63, 3.8) is 0 Å². The lowest BCUT2D eigenvalue weighted by molar-refractivity contribution is -0.114. The summed E-state index contributed by atoms with van der Waals surface area (Å²) in [5.74, 6) is -0.0920. The van der Waals surface area contributed by atoms with Gasteiger partial charge < -0.3 is 10.6 Å². The maximum absolute atomic E-state index is 11.1. The molecule has 0 bridgehead atoms. The molecule has 2 aromatic rings. The van der Waals surface area contributed by atoms with Crippen LogP contribution < -0.4 is 10.6 Å². The highest BCUT2D eigenvalue weighted by atomic mass is 35.5. The quantitative estimate of drug-likeness (QED) is 0.819. The van der Waals surface area contributed by atoms with Crippen molar-refractivity contribution in [3.8, 4) is 0 Å². The molecule has 0 aromatic heterocycles. The van der Waals surface area contributed by atoms with Crippen LogP contribution >= 0.6 is 23.2 Å². The molecule has 0 aliphatic heterocycles. The molecule has 0 radical (unpaired) electrons. The molecule has 1 unspecified atom stereocenters. The number of benzene rings is 2. The Bertz CT molecular complexity index is 658. The van der Waals surface area contributed by atoms with Crippen LogP contribution in [0.1, 0.15) is 25.5 Å². The minimum Gasteiger partial charge on any atom is -0.377 e. The van der Waals surface area contributed by atoms with E-state index in [2.05, 4.69) is 10.6 Å². The van der Waals surface area contributed by atoms with Crippen LogP contribution in [-0.2, 0) is 4.79 Å². The van der Waals surface area contributed by atoms with E-state index in [1.807, 2.05) is 31.2 Å². The van der Waals surface area contributed by atoms with Crippen LogP contribution in [0.15, 0.2) is 42.5 Å². The molecule has 0 fully saturated rings. The summed E-state index contributed by atoms with van der Waals surface area (Å²) in [6.07, 6.45) is 0. The number of nitrogens with one attached hydrogen (secondary N) is 2. The van der Waals surface area contributed by atoms with E-state index in [1.54, 1.807) is 18.2 Å². The molecule has 0 saturated carbocycles. The first-order valence-corrected chi connectivity index (χ1v) is 7.30. The van der Waals surface area contributed by atoms with Crippen molar-refractivity contribution in [1.29, 1.82) is 0 Å². The lowest BCUT2D eigenvalue weighted by Crippen LogP contribution is -2.09. The average Bonchev–Trinajstić information content (AvgIpc) is 2.42. The van der Waals surface area contributed by atoms with E-state index in [0.717, 1.165) is 16.9 Å². The summed E-state index contributed by atoms with van der Waals surface area (Å²) < 4.78 is 0. The van der Waals surface area contributed by atoms with E-state index < -0.39 is 0 Å². The third-order valence-corrected chi connectivity index (χ3v) is 3.57. The summed E-state index contributed by atoms with van der Waals surface area (Å²) in [5.41, 5.74) is 2.59. The Morgan fingerprint density at radius 3 is 2.62 bits per heavy atom. The minimum absolute atomic E-state index is 0.0228. The maximum atomic E-state index is 11.1. The highest BCUT2D eigenvalue weighted by molar-refractivity contribution is 6.35. The number of carbonyl (C=O) groups excluding carboxylic acids is 1. The normalized spacial score (nSPS) is 11.8. The zero-order valence-corrected chi connectivity index (χ0v) is 13.3. The van der Waals surface area contributed by atoms with Gasteiger partial charge in [0.1, 0.15) is 0 Å². The van der Waals surface area contributed by atoms with Crippen molar-refractivity contribution in [1.82, 2.24) is 0 Å². The molecule has 1 atom stereocenters. The number of halogens is 2. The van der Waals surface area contributed by atoms with Crippen LogP contribution in [0, 0.1) is 0 Å². The Labute approximate surface area is 134 Å². The second-order valence-electron chi connectivity index (χ2n) is 4.80. The van der Waals surface area contributed by atoms with E-state index in [0.29, 0.717) is 10.0 Å². The summed E-state index contributed by atoms with van der Waals surface area (Å²) in [7, 11) is 0. The molecular weight excluding hydrogens is 307 g/mol. The zero-order chi connectivity index (χ0) is 15.4. The highest BCUT2D eigenvalue weighted by Crippen LogP contribution is 2.29. The molecule has 0 saturated heterocycles. The third kappa shape index (κ3) is 4.38. The number of hydrogen-bond donors (Lipinski definition) is 2. The van der Waals surface area contributed by atoms with Crippen LogP contribution in [0.3, 0.4) is 0 Å². The summed E-state index contributed by atoms with van der Waals surface area (Å²) in [6.45, 7) is 3.50.